The predicted molar refractivity (Wildman–Crippen MR) is 89.0 cm³/mol. The van der Waals surface area contributed by atoms with Crippen molar-refractivity contribution >= 4 is 0 Å². The van der Waals surface area contributed by atoms with Crippen LogP contribution in [0.25, 0.3) is 0 Å². The Morgan fingerprint density at radius 2 is 2.00 bits per heavy atom. The van der Waals surface area contributed by atoms with Crippen molar-refractivity contribution in [3.8, 4) is 0 Å². The van der Waals surface area contributed by atoms with Gasteiger partial charge in [0.05, 0.1) is 12.2 Å². The van der Waals surface area contributed by atoms with Gasteiger partial charge in [-0.1, -0.05) is 12.1 Å². The molecule has 2 fully saturated rings. The summed E-state index contributed by atoms with van der Waals surface area (Å²) >= 11 is 0. The summed E-state index contributed by atoms with van der Waals surface area (Å²) in [6, 6.07) is 6.89. The van der Waals surface area contributed by atoms with Gasteiger partial charge >= 0.3 is 0 Å². The summed E-state index contributed by atoms with van der Waals surface area (Å²) in [7, 11) is 0. The lowest BCUT2D eigenvalue weighted by Gasteiger charge is -2.38. The minimum atomic E-state index is -0.159. The molecule has 1 aromatic heterocycles. The Morgan fingerprint density at radius 3 is 2.75 bits per heavy atom. The first-order valence-electron chi connectivity index (χ1n) is 8.58. The van der Waals surface area contributed by atoms with E-state index in [4.69, 9.17) is 4.74 Å². The second-order valence-electron chi connectivity index (χ2n) is 6.97. The van der Waals surface area contributed by atoms with E-state index in [9.17, 15) is 4.39 Å². The number of hydrogen-bond donors (Lipinski definition) is 0. The van der Waals surface area contributed by atoms with Gasteiger partial charge in [-0.25, -0.2) is 14.4 Å². The van der Waals surface area contributed by atoms with Gasteiger partial charge in [0.25, 0.3) is 0 Å². The molecule has 0 radical (unpaired) electrons. The van der Waals surface area contributed by atoms with Gasteiger partial charge in [-0.15, -0.1) is 0 Å². The zero-order valence-corrected chi connectivity index (χ0v) is 13.7. The van der Waals surface area contributed by atoms with Crippen LogP contribution in [0.3, 0.4) is 0 Å². The van der Waals surface area contributed by atoms with Crippen molar-refractivity contribution in [3.63, 3.8) is 0 Å². The lowest BCUT2D eigenvalue weighted by molar-refractivity contribution is -0.0448. The molecule has 1 unspecified atom stereocenters. The average Bonchev–Trinajstić information content (AvgIpc) is 3.02. The molecule has 1 spiro atoms. The van der Waals surface area contributed by atoms with E-state index in [-0.39, 0.29) is 11.4 Å². The van der Waals surface area contributed by atoms with Crippen molar-refractivity contribution < 1.29 is 9.13 Å². The summed E-state index contributed by atoms with van der Waals surface area (Å²) in [5.41, 5.74) is 2.22. The van der Waals surface area contributed by atoms with E-state index in [0.29, 0.717) is 5.92 Å². The molecule has 5 heteroatoms. The molecule has 2 saturated heterocycles. The number of benzene rings is 1. The summed E-state index contributed by atoms with van der Waals surface area (Å²) in [5.74, 6) is 0.244. The lowest BCUT2D eigenvalue weighted by atomic mass is 9.83. The third-order valence-electron chi connectivity index (χ3n) is 5.32. The number of rotatable bonds is 3. The summed E-state index contributed by atoms with van der Waals surface area (Å²) in [6.45, 7) is 3.56. The minimum absolute atomic E-state index is 0.00105. The van der Waals surface area contributed by atoms with Crippen LogP contribution in [0, 0.1) is 5.82 Å². The van der Waals surface area contributed by atoms with E-state index in [1.165, 1.54) is 11.6 Å². The Labute approximate surface area is 141 Å². The summed E-state index contributed by atoms with van der Waals surface area (Å²) in [6.07, 6.45) is 8.49. The van der Waals surface area contributed by atoms with Crippen molar-refractivity contribution in [2.45, 2.75) is 37.3 Å². The third kappa shape index (κ3) is 3.32. The highest BCUT2D eigenvalue weighted by molar-refractivity contribution is 5.17. The molecule has 0 aliphatic carbocycles. The molecule has 1 atom stereocenters. The number of piperidine rings is 1. The van der Waals surface area contributed by atoms with Crippen LogP contribution in [0.5, 0.6) is 0 Å². The van der Waals surface area contributed by atoms with Crippen molar-refractivity contribution in [2.75, 3.05) is 19.7 Å². The van der Waals surface area contributed by atoms with E-state index < -0.39 is 0 Å². The van der Waals surface area contributed by atoms with Crippen LogP contribution in [-0.2, 0) is 11.3 Å². The fraction of sp³-hybridized carbons (Fsp3) is 0.474. The first kappa shape index (κ1) is 15.7. The Balaban J connectivity index is 1.35. The Kier molecular flexibility index (Phi) is 4.29. The van der Waals surface area contributed by atoms with Gasteiger partial charge in [0.15, 0.2) is 0 Å². The quantitative estimate of drug-likeness (QED) is 0.868. The fourth-order valence-electron chi connectivity index (χ4n) is 3.94. The average molecular weight is 327 g/mol. The van der Waals surface area contributed by atoms with Crippen LogP contribution in [0.1, 0.15) is 36.3 Å². The maximum Gasteiger partial charge on any atom is 0.123 e. The molecule has 4 rings (SSSR count). The van der Waals surface area contributed by atoms with E-state index in [1.807, 2.05) is 18.5 Å². The molecule has 3 heterocycles. The standard InChI is InChI=1S/C19H22FN3O/c20-18-3-1-2-15(8-18)12-23-6-4-19(5-7-23)9-16(13-24-19)17-10-21-14-22-11-17/h1-3,8,10-11,14,16H,4-7,9,12-13H2. The minimum Gasteiger partial charge on any atom is -0.374 e. The molecule has 0 amide bonds. The van der Waals surface area contributed by atoms with E-state index in [1.54, 1.807) is 18.5 Å². The summed E-state index contributed by atoms with van der Waals surface area (Å²) in [4.78, 5) is 10.6. The maximum absolute atomic E-state index is 13.3. The van der Waals surface area contributed by atoms with E-state index in [0.717, 1.165) is 51.1 Å². The number of likely N-dealkylation sites (tertiary alicyclic amines) is 1. The van der Waals surface area contributed by atoms with Gasteiger partial charge in [-0.2, -0.15) is 0 Å². The summed E-state index contributed by atoms with van der Waals surface area (Å²) in [5, 5.41) is 0. The van der Waals surface area contributed by atoms with Crippen LogP contribution in [0.2, 0.25) is 0 Å². The first-order chi connectivity index (χ1) is 11.7. The van der Waals surface area contributed by atoms with Gasteiger partial charge in [0.2, 0.25) is 0 Å². The highest BCUT2D eigenvalue weighted by atomic mass is 19.1. The van der Waals surface area contributed by atoms with Crippen LogP contribution in [0.15, 0.2) is 43.0 Å². The van der Waals surface area contributed by atoms with Gasteiger partial charge in [0, 0.05) is 37.9 Å². The zero-order chi connectivity index (χ0) is 16.4. The zero-order valence-electron chi connectivity index (χ0n) is 13.7. The van der Waals surface area contributed by atoms with Gasteiger partial charge in [-0.05, 0) is 42.5 Å². The number of aromatic nitrogens is 2. The molecule has 24 heavy (non-hydrogen) atoms. The van der Waals surface area contributed by atoms with Crippen LogP contribution < -0.4 is 0 Å². The van der Waals surface area contributed by atoms with Gasteiger partial charge in [0.1, 0.15) is 12.1 Å². The highest BCUT2D eigenvalue weighted by Gasteiger charge is 2.43. The molecule has 2 aliphatic rings. The fourth-order valence-corrected chi connectivity index (χ4v) is 3.94. The third-order valence-corrected chi connectivity index (χ3v) is 5.32. The largest absolute Gasteiger partial charge is 0.374 e. The van der Waals surface area contributed by atoms with Crippen molar-refractivity contribution in [2.24, 2.45) is 0 Å². The van der Waals surface area contributed by atoms with Crippen LogP contribution in [-0.4, -0.2) is 40.2 Å². The lowest BCUT2D eigenvalue weighted by Crippen LogP contribution is -2.43. The van der Waals surface area contributed by atoms with E-state index in [2.05, 4.69) is 14.9 Å². The summed E-state index contributed by atoms with van der Waals surface area (Å²) < 4.78 is 19.5. The van der Waals surface area contributed by atoms with Crippen LogP contribution in [0.4, 0.5) is 4.39 Å². The number of nitrogens with zero attached hydrogens (tertiary/aromatic N) is 3. The monoisotopic (exact) mass is 327 g/mol. The Hall–Kier alpha value is -1.85. The molecule has 2 aromatic rings. The second-order valence-corrected chi connectivity index (χ2v) is 6.97. The molecule has 0 N–H and O–H groups in total. The predicted octanol–water partition coefficient (Wildman–Crippen LogP) is 3.15. The normalized spacial score (nSPS) is 23.6. The number of ether oxygens (including phenoxy) is 1. The number of hydrogen-bond acceptors (Lipinski definition) is 4. The van der Waals surface area contributed by atoms with Gasteiger partial charge < -0.3 is 4.74 Å². The molecule has 4 nitrogen and oxygen atoms in total. The van der Waals surface area contributed by atoms with Crippen molar-refractivity contribution in [1.82, 2.24) is 14.9 Å². The molecule has 0 saturated carbocycles. The highest BCUT2D eigenvalue weighted by Crippen LogP contribution is 2.42. The molecule has 126 valence electrons. The van der Waals surface area contributed by atoms with Crippen molar-refractivity contribution in [1.29, 1.82) is 0 Å². The molecule has 0 bridgehead atoms. The van der Waals surface area contributed by atoms with Crippen molar-refractivity contribution in [3.05, 3.63) is 59.9 Å². The van der Waals surface area contributed by atoms with Gasteiger partial charge in [-0.3, -0.25) is 4.90 Å². The number of halogens is 1. The molecular weight excluding hydrogens is 305 g/mol. The molecule has 2 aliphatic heterocycles. The Bertz CT molecular complexity index is 686. The smallest absolute Gasteiger partial charge is 0.123 e. The van der Waals surface area contributed by atoms with E-state index >= 15 is 0 Å². The topological polar surface area (TPSA) is 38.2 Å². The SMILES string of the molecule is Fc1cccc(CN2CCC3(CC2)CC(c2cncnc2)CO3)c1. The first-order valence-corrected chi connectivity index (χ1v) is 8.58. The molecule has 1 aromatic carbocycles. The maximum atomic E-state index is 13.3. The Morgan fingerprint density at radius 1 is 1.21 bits per heavy atom. The second kappa shape index (κ2) is 6.57. The van der Waals surface area contributed by atoms with Crippen LogP contribution >= 0.6 is 0 Å². The molecular formula is C19H22FN3O.